The zero-order valence-corrected chi connectivity index (χ0v) is 15.5. The first-order valence-electron chi connectivity index (χ1n) is 8.07. The van der Waals surface area contributed by atoms with Crippen LogP contribution in [0.4, 0.5) is 0 Å². The number of thiophene rings is 1. The number of ether oxygens (including phenoxy) is 1. The highest BCUT2D eigenvalue weighted by atomic mass is 32.1. The van der Waals surface area contributed by atoms with E-state index in [9.17, 15) is 14.4 Å². The monoisotopic (exact) mass is 370 g/mol. The van der Waals surface area contributed by atoms with Gasteiger partial charge in [0.25, 0.3) is 5.56 Å². The summed E-state index contributed by atoms with van der Waals surface area (Å²) in [6, 6.07) is 7.57. The Morgan fingerprint density at radius 3 is 2.58 bits per heavy atom. The fourth-order valence-corrected chi connectivity index (χ4v) is 3.81. The fourth-order valence-electron chi connectivity index (χ4n) is 2.82. The Bertz CT molecular complexity index is 1040. The number of Topliss-reactive ketones (excluding diaryl/α,β-unsaturated/α-hetero) is 1. The minimum Gasteiger partial charge on any atom is -0.469 e. The summed E-state index contributed by atoms with van der Waals surface area (Å²) in [6.45, 7) is 3.78. The fraction of sp³-hybridized carbons (Fsp3) is 0.263. The molecule has 0 bridgehead atoms. The normalized spacial score (nSPS) is 12.1. The van der Waals surface area contributed by atoms with E-state index in [1.807, 2.05) is 13.8 Å². The van der Waals surface area contributed by atoms with Crippen molar-refractivity contribution in [2.45, 2.75) is 26.3 Å². The molecule has 0 radical (unpaired) electrons. The molecule has 0 amide bonds. The maximum absolute atomic E-state index is 13.0. The van der Waals surface area contributed by atoms with Crippen LogP contribution in [0.15, 0.2) is 41.5 Å². The van der Waals surface area contributed by atoms with Crippen LogP contribution in [0.2, 0.25) is 0 Å². The molecule has 7 heteroatoms. The number of rotatable bonds is 5. The molecule has 1 unspecified atom stereocenters. The first-order chi connectivity index (χ1) is 12.4. The number of benzene rings is 1. The van der Waals surface area contributed by atoms with Crippen LogP contribution in [0.1, 0.15) is 33.3 Å². The second kappa shape index (κ2) is 7.21. The highest BCUT2D eigenvalue weighted by Gasteiger charge is 2.27. The molecule has 6 nitrogen and oxygen atoms in total. The van der Waals surface area contributed by atoms with Crippen molar-refractivity contribution in [2.24, 2.45) is 0 Å². The van der Waals surface area contributed by atoms with Gasteiger partial charge in [0.05, 0.1) is 25.2 Å². The molecule has 26 heavy (non-hydrogen) atoms. The second-order valence-corrected chi connectivity index (χ2v) is 7.15. The van der Waals surface area contributed by atoms with Gasteiger partial charge in [0.1, 0.15) is 10.9 Å². The largest absolute Gasteiger partial charge is 0.469 e. The van der Waals surface area contributed by atoms with Crippen molar-refractivity contribution < 1.29 is 14.3 Å². The zero-order chi connectivity index (χ0) is 18.8. The molecule has 0 aliphatic carbocycles. The minimum atomic E-state index is -1.01. The van der Waals surface area contributed by atoms with Gasteiger partial charge in [-0.15, -0.1) is 11.3 Å². The van der Waals surface area contributed by atoms with Gasteiger partial charge in [-0.3, -0.25) is 19.0 Å². The van der Waals surface area contributed by atoms with Gasteiger partial charge in [-0.1, -0.05) is 30.3 Å². The Labute approximate surface area is 154 Å². The maximum atomic E-state index is 13.0. The summed E-state index contributed by atoms with van der Waals surface area (Å²) < 4.78 is 5.96. The molecule has 1 atom stereocenters. The van der Waals surface area contributed by atoms with Crippen LogP contribution in [0.5, 0.6) is 0 Å². The van der Waals surface area contributed by atoms with E-state index < -0.39 is 12.0 Å². The summed E-state index contributed by atoms with van der Waals surface area (Å²) in [4.78, 5) is 43.8. The molecule has 0 aliphatic rings. The van der Waals surface area contributed by atoms with Crippen LogP contribution < -0.4 is 5.56 Å². The number of carbonyl (C=O) groups excluding carboxylic acids is 2. The molecular formula is C19H18N2O4S. The van der Waals surface area contributed by atoms with E-state index in [4.69, 9.17) is 4.74 Å². The van der Waals surface area contributed by atoms with Crippen LogP contribution >= 0.6 is 11.3 Å². The van der Waals surface area contributed by atoms with Gasteiger partial charge in [0, 0.05) is 10.4 Å². The quantitative estimate of drug-likeness (QED) is 0.509. The number of aryl methyl sites for hydroxylation is 2. The number of hydrogen-bond acceptors (Lipinski definition) is 6. The van der Waals surface area contributed by atoms with E-state index in [1.165, 1.54) is 29.3 Å². The SMILES string of the molecule is COC(=O)CC(C(=O)c1ccccc1)n1cnc2sc(C)c(C)c2c1=O. The summed E-state index contributed by atoms with van der Waals surface area (Å²) in [6.07, 6.45) is 1.11. The van der Waals surface area contributed by atoms with Crippen LogP contribution in [-0.4, -0.2) is 28.4 Å². The number of hydrogen-bond donors (Lipinski definition) is 0. The van der Waals surface area contributed by atoms with Gasteiger partial charge in [-0.05, 0) is 19.4 Å². The predicted molar refractivity (Wildman–Crippen MR) is 99.8 cm³/mol. The molecule has 3 aromatic rings. The smallest absolute Gasteiger partial charge is 0.308 e. The Kier molecular flexibility index (Phi) is 4.99. The third kappa shape index (κ3) is 3.17. The Hall–Kier alpha value is -2.80. The molecular weight excluding hydrogens is 352 g/mol. The van der Waals surface area contributed by atoms with Gasteiger partial charge in [-0.25, -0.2) is 4.98 Å². The summed E-state index contributed by atoms with van der Waals surface area (Å²) in [5.41, 5.74) is 0.947. The predicted octanol–water partition coefficient (Wildman–Crippen LogP) is 3.06. The van der Waals surface area contributed by atoms with E-state index in [0.717, 1.165) is 10.4 Å². The molecule has 2 aromatic heterocycles. The highest BCUT2D eigenvalue weighted by Crippen LogP contribution is 2.27. The molecule has 2 heterocycles. The van der Waals surface area contributed by atoms with E-state index >= 15 is 0 Å². The van der Waals surface area contributed by atoms with Crippen molar-refractivity contribution in [1.29, 1.82) is 0 Å². The summed E-state index contributed by atoms with van der Waals surface area (Å²) in [5, 5.41) is 0.491. The molecule has 0 N–H and O–H groups in total. The molecule has 1 aromatic carbocycles. The van der Waals surface area contributed by atoms with Crippen molar-refractivity contribution >= 4 is 33.3 Å². The van der Waals surface area contributed by atoms with Crippen molar-refractivity contribution in [3.8, 4) is 0 Å². The lowest BCUT2D eigenvalue weighted by Crippen LogP contribution is -2.32. The van der Waals surface area contributed by atoms with Crippen molar-refractivity contribution in [1.82, 2.24) is 9.55 Å². The first kappa shape index (κ1) is 18.0. The van der Waals surface area contributed by atoms with Gasteiger partial charge in [-0.2, -0.15) is 0 Å². The van der Waals surface area contributed by atoms with Gasteiger partial charge < -0.3 is 4.74 Å². The molecule has 0 fully saturated rings. The lowest BCUT2D eigenvalue weighted by Gasteiger charge is -2.17. The highest BCUT2D eigenvalue weighted by molar-refractivity contribution is 7.18. The van der Waals surface area contributed by atoms with Gasteiger partial charge in [0.15, 0.2) is 5.78 Å². The summed E-state index contributed by atoms with van der Waals surface area (Å²) in [5.74, 6) is -0.895. The molecule has 134 valence electrons. The maximum Gasteiger partial charge on any atom is 0.308 e. The number of ketones is 1. The lowest BCUT2D eigenvalue weighted by molar-refractivity contribution is -0.141. The Balaban J connectivity index is 2.16. The van der Waals surface area contributed by atoms with E-state index in [2.05, 4.69) is 4.98 Å². The number of carbonyl (C=O) groups is 2. The molecule has 0 saturated heterocycles. The van der Waals surface area contributed by atoms with E-state index in [-0.39, 0.29) is 17.8 Å². The third-order valence-corrected chi connectivity index (χ3v) is 5.51. The van der Waals surface area contributed by atoms with Gasteiger partial charge >= 0.3 is 5.97 Å². The van der Waals surface area contributed by atoms with Gasteiger partial charge in [0.2, 0.25) is 0 Å². The van der Waals surface area contributed by atoms with Crippen LogP contribution in [0.3, 0.4) is 0 Å². The molecule has 3 rings (SSSR count). The van der Waals surface area contributed by atoms with Crippen molar-refractivity contribution in [3.63, 3.8) is 0 Å². The Morgan fingerprint density at radius 2 is 1.92 bits per heavy atom. The molecule has 0 spiro atoms. The topological polar surface area (TPSA) is 78.3 Å². The zero-order valence-electron chi connectivity index (χ0n) is 14.7. The van der Waals surface area contributed by atoms with E-state index in [1.54, 1.807) is 30.3 Å². The molecule has 0 saturated carbocycles. The number of aromatic nitrogens is 2. The first-order valence-corrected chi connectivity index (χ1v) is 8.88. The second-order valence-electron chi connectivity index (χ2n) is 5.95. The summed E-state index contributed by atoms with van der Waals surface area (Å²) >= 11 is 1.44. The average Bonchev–Trinajstić information content (AvgIpc) is 2.95. The number of fused-ring (bicyclic) bond motifs is 1. The van der Waals surface area contributed by atoms with Crippen LogP contribution in [0.25, 0.3) is 10.2 Å². The van der Waals surface area contributed by atoms with Crippen molar-refractivity contribution in [2.75, 3.05) is 7.11 Å². The van der Waals surface area contributed by atoms with E-state index in [0.29, 0.717) is 15.8 Å². The minimum absolute atomic E-state index is 0.237. The number of methoxy groups -OCH3 is 1. The Morgan fingerprint density at radius 1 is 1.23 bits per heavy atom. The average molecular weight is 370 g/mol. The number of esters is 1. The summed E-state index contributed by atoms with van der Waals surface area (Å²) in [7, 11) is 1.25. The lowest BCUT2D eigenvalue weighted by atomic mass is 10.0. The standard InChI is InChI=1S/C19H18N2O4S/c1-11-12(2)26-18-16(11)19(24)21(10-20-18)14(9-15(22)25-3)17(23)13-7-5-4-6-8-13/h4-8,10,14H,9H2,1-3H3. The van der Waals surface area contributed by atoms with Crippen LogP contribution in [-0.2, 0) is 9.53 Å². The third-order valence-electron chi connectivity index (χ3n) is 4.40. The van der Waals surface area contributed by atoms with Crippen molar-refractivity contribution in [3.05, 3.63) is 63.0 Å². The number of nitrogens with zero attached hydrogens (tertiary/aromatic N) is 2. The molecule has 0 aliphatic heterocycles. The van der Waals surface area contributed by atoms with Crippen LogP contribution in [0, 0.1) is 13.8 Å².